The van der Waals surface area contributed by atoms with E-state index in [2.05, 4.69) is 33.4 Å². The molecule has 0 spiro atoms. The molecule has 0 aromatic heterocycles. The van der Waals surface area contributed by atoms with E-state index >= 15 is 0 Å². The summed E-state index contributed by atoms with van der Waals surface area (Å²) in [7, 11) is 0. The average Bonchev–Trinajstić information content (AvgIpc) is 2.20. The second kappa shape index (κ2) is 5.86. The minimum absolute atomic E-state index is 0.189. The second-order valence-electron chi connectivity index (χ2n) is 6.57. The summed E-state index contributed by atoms with van der Waals surface area (Å²) < 4.78 is 0. The van der Waals surface area contributed by atoms with Crippen LogP contribution < -0.4 is 0 Å². The van der Waals surface area contributed by atoms with Gasteiger partial charge in [-0.1, -0.05) is 44.6 Å². The Kier molecular flexibility index (Phi) is 5.00. The molecule has 1 aliphatic carbocycles. The molecule has 0 heterocycles. The van der Waals surface area contributed by atoms with Crippen molar-refractivity contribution in [1.29, 1.82) is 0 Å². The van der Waals surface area contributed by atoms with Crippen LogP contribution in [-0.4, -0.2) is 11.7 Å². The van der Waals surface area contributed by atoms with Gasteiger partial charge in [0.05, 0.1) is 6.61 Å². The van der Waals surface area contributed by atoms with Crippen molar-refractivity contribution < 1.29 is 5.11 Å². The molecule has 0 bridgehead atoms. The first-order valence-electron chi connectivity index (χ1n) is 6.80. The Morgan fingerprint density at radius 3 is 2.71 bits per heavy atom. The molecule has 1 heteroatoms. The van der Waals surface area contributed by atoms with Crippen molar-refractivity contribution in [1.82, 2.24) is 0 Å². The van der Waals surface area contributed by atoms with Crippen LogP contribution in [0.15, 0.2) is 23.8 Å². The van der Waals surface area contributed by atoms with Gasteiger partial charge in [-0.25, -0.2) is 0 Å². The van der Waals surface area contributed by atoms with E-state index < -0.39 is 0 Å². The third-order valence-corrected chi connectivity index (χ3v) is 4.01. The second-order valence-corrected chi connectivity index (χ2v) is 6.57. The molecule has 1 saturated carbocycles. The van der Waals surface area contributed by atoms with Gasteiger partial charge in [0, 0.05) is 0 Å². The van der Waals surface area contributed by atoms with Gasteiger partial charge in [-0.05, 0) is 49.9 Å². The van der Waals surface area contributed by atoms with Crippen LogP contribution in [0.1, 0.15) is 53.4 Å². The Balaban J connectivity index is 2.52. The third kappa shape index (κ3) is 4.31. The number of hydrogen-bond donors (Lipinski definition) is 1. The largest absolute Gasteiger partial charge is 0.392 e. The molecular weight excluding hydrogens is 208 g/mol. The first kappa shape index (κ1) is 14.5. The maximum atomic E-state index is 8.96. The molecule has 0 amide bonds. The molecule has 0 radical (unpaired) electrons. The zero-order valence-electron chi connectivity index (χ0n) is 11.9. The van der Waals surface area contributed by atoms with E-state index in [4.69, 9.17) is 5.11 Å². The quantitative estimate of drug-likeness (QED) is 0.720. The van der Waals surface area contributed by atoms with E-state index in [1.54, 1.807) is 0 Å². The summed E-state index contributed by atoms with van der Waals surface area (Å²) >= 11 is 0. The summed E-state index contributed by atoms with van der Waals surface area (Å²) in [5.74, 6) is 1.42. The molecule has 0 aromatic rings. The molecule has 0 unspecified atom stereocenters. The molecule has 17 heavy (non-hydrogen) atoms. The van der Waals surface area contributed by atoms with Crippen LogP contribution in [0, 0.1) is 17.3 Å². The number of aliphatic hydroxyl groups excluding tert-OH is 1. The summed E-state index contributed by atoms with van der Waals surface area (Å²) in [4.78, 5) is 0. The first-order chi connectivity index (χ1) is 7.85. The number of hydrogen-bond acceptors (Lipinski definition) is 1. The highest BCUT2D eigenvalue weighted by Crippen LogP contribution is 2.45. The fourth-order valence-electron chi connectivity index (χ4n) is 3.30. The number of rotatable bonds is 4. The average molecular weight is 236 g/mol. The summed E-state index contributed by atoms with van der Waals surface area (Å²) in [6.07, 6.45) is 6.90. The van der Waals surface area contributed by atoms with E-state index in [1.165, 1.54) is 24.8 Å². The van der Waals surface area contributed by atoms with Crippen molar-refractivity contribution in [3.63, 3.8) is 0 Å². The Bertz CT molecular complexity index is 299. The van der Waals surface area contributed by atoms with Crippen molar-refractivity contribution in [3.8, 4) is 0 Å². The standard InChI is InChI=1S/C16H28O/c1-12(11-17)7-6-8-15-13(2)9-16(4,5)10-14(15)3/h7,14-15,17H,2,6,8-11H2,1,3-5H3/b12-7-/t14-,15+/m0/s1. The maximum Gasteiger partial charge on any atom is 0.0639 e. The monoisotopic (exact) mass is 236 g/mol. The molecule has 98 valence electrons. The van der Waals surface area contributed by atoms with E-state index in [0.717, 1.165) is 17.9 Å². The fourth-order valence-corrected chi connectivity index (χ4v) is 3.30. The Hall–Kier alpha value is -0.560. The molecule has 1 rings (SSSR count). The Morgan fingerprint density at radius 2 is 2.18 bits per heavy atom. The van der Waals surface area contributed by atoms with Crippen molar-refractivity contribution in [3.05, 3.63) is 23.8 Å². The minimum Gasteiger partial charge on any atom is -0.392 e. The molecule has 1 N–H and O–H groups in total. The van der Waals surface area contributed by atoms with Crippen LogP contribution in [0.5, 0.6) is 0 Å². The number of aliphatic hydroxyl groups is 1. The fraction of sp³-hybridized carbons (Fsp3) is 0.750. The van der Waals surface area contributed by atoms with Crippen LogP contribution in [0.4, 0.5) is 0 Å². The van der Waals surface area contributed by atoms with Crippen LogP contribution in [0.3, 0.4) is 0 Å². The lowest BCUT2D eigenvalue weighted by Crippen LogP contribution is -2.29. The minimum atomic E-state index is 0.189. The Labute approximate surface area is 107 Å². The summed E-state index contributed by atoms with van der Waals surface area (Å²) in [5, 5.41) is 8.96. The lowest BCUT2D eigenvalue weighted by Gasteiger charge is -2.41. The molecular formula is C16H28O. The molecule has 1 nitrogen and oxygen atoms in total. The highest BCUT2D eigenvalue weighted by molar-refractivity contribution is 5.10. The van der Waals surface area contributed by atoms with Gasteiger partial charge in [0.25, 0.3) is 0 Å². The highest BCUT2D eigenvalue weighted by Gasteiger charge is 2.34. The SMILES string of the molecule is C=C1CC(C)(C)C[C@H](C)[C@@H]1CC/C=C(/C)CO. The van der Waals surface area contributed by atoms with Gasteiger partial charge in [0.2, 0.25) is 0 Å². The van der Waals surface area contributed by atoms with Gasteiger partial charge in [0.15, 0.2) is 0 Å². The maximum absolute atomic E-state index is 8.96. The smallest absolute Gasteiger partial charge is 0.0639 e. The third-order valence-electron chi connectivity index (χ3n) is 4.01. The van der Waals surface area contributed by atoms with Gasteiger partial charge < -0.3 is 5.11 Å². The van der Waals surface area contributed by atoms with Crippen molar-refractivity contribution in [2.75, 3.05) is 6.61 Å². The van der Waals surface area contributed by atoms with Crippen LogP contribution in [0.25, 0.3) is 0 Å². The normalized spacial score (nSPS) is 29.5. The van der Waals surface area contributed by atoms with Crippen molar-refractivity contribution in [2.24, 2.45) is 17.3 Å². The van der Waals surface area contributed by atoms with Gasteiger partial charge in [-0.3, -0.25) is 0 Å². The Morgan fingerprint density at radius 1 is 1.53 bits per heavy atom. The van der Waals surface area contributed by atoms with Crippen LogP contribution in [0.2, 0.25) is 0 Å². The predicted octanol–water partition coefficient (Wildman–Crippen LogP) is 4.33. The first-order valence-corrected chi connectivity index (χ1v) is 6.80. The molecule has 0 aromatic carbocycles. The lowest BCUT2D eigenvalue weighted by molar-refractivity contribution is 0.177. The predicted molar refractivity (Wildman–Crippen MR) is 74.9 cm³/mol. The van der Waals surface area contributed by atoms with Gasteiger partial charge in [-0.2, -0.15) is 0 Å². The van der Waals surface area contributed by atoms with E-state index in [1.807, 2.05) is 6.92 Å². The molecule has 2 atom stereocenters. The highest BCUT2D eigenvalue weighted by atomic mass is 16.3. The number of allylic oxidation sites excluding steroid dienone is 2. The molecule has 0 saturated heterocycles. The molecule has 0 aliphatic heterocycles. The van der Waals surface area contributed by atoms with Gasteiger partial charge in [-0.15, -0.1) is 0 Å². The lowest BCUT2D eigenvalue weighted by atomic mass is 9.64. The summed E-state index contributed by atoms with van der Waals surface area (Å²) in [6, 6.07) is 0. The van der Waals surface area contributed by atoms with Crippen molar-refractivity contribution in [2.45, 2.75) is 53.4 Å². The van der Waals surface area contributed by atoms with E-state index in [0.29, 0.717) is 11.3 Å². The molecule has 1 aliphatic rings. The van der Waals surface area contributed by atoms with Gasteiger partial charge >= 0.3 is 0 Å². The summed E-state index contributed by atoms with van der Waals surface area (Å²) in [6.45, 7) is 13.5. The van der Waals surface area contributed by atoms with E-state index in [9.17, 15) is 0 Å². The zero-order chi connectivity index (χ0) is 13.1. The molecule has 1 fully saturated rings. The van der Waals surface area contributed by atoms with Crippen molar-refractivity contribution >= 4 is 0 Å². The van der Waals surface area contributed by atoms with Gasteiger partial charge in [0.1, 0.15) is 0 Å². The topological polar surface area (TPSA) is 20.2 Å². The van der Waals surface area contributed by atoms with Crippen LogP contribution in [-0.2, 0) is 0 Å². The van der Waals surface area contributed by atoms with Crippen LogP contribution >= 0.6 is 0 Å². The van der Waals surface area contributed by atoms with E-state index in [-0.39, 0.29) is 6.61 Å². The summed E-state index contributed by atoms with van der Waals surface area (Å²) in [5.41, 5.74) is 2.95. The zero-order valence-corrected chi connectivity index (χ0v) is 11.9.